The number of methoxy groups -OCH3 is 1. The van der Waals surface area contributed by atoms with Gasteiger partial charge in [-0.1, -0.05) is 12.1 Å². The second-order valence-corrected chi connectivity index (χ2v) is 4.41. The van der Waals surface area contributed by atoms with Crippen molar-refractivity contribution < 1.29 is 14.3 Å². The van der Waals surface area contributed by atoms with Crippen LogP contribution in [0, 0.1) is 0 Å². The summed E-state index contributed by atoms with van der Waals surface area (Å²) in [6.45, 7) is 0. The third kappa shape index (κ3) is 2.86. The summed E-state index contributed by atoms with van der Waals surface area (Å²) >= 11 is 0. The van der Waals surface area contributed by atoms with Crippen molar-refractivity contribution in [3.63, 3.8) is 0 Å². The Morgan fingerprint density at radius 3 is 2.44 bits per heavy atom. The van der Waals surface area contributed by atoms with E-state index in [2.05, 4.69) is 4.74 Å². The van der Waals surface area contributed by atoms with Crippen LogP contribution in [0.1, 0.15) is 41.6 Å². The van der Waals surface area contributed by atoms with Crippen LogP contribution in [0.15, 0.2) is 29.8 Å². The number of ketones is 1. The van der Waals surface area contributed by atoms with Crippen LogP contribution in [0.4, 0.5) is 0 Å². The predicted molar refractivity (Wildman–Crippen MR) is 69.2 cm³/mol. The number of allylic oxidation sites excluding steroid dienone is 1. The van der Waals surface area contributed by atoms with Gasteiger partial charge in [-0.05, 0) is 48.6 Å². The summed E-state index contributed by atoms with van der Waals surface area (Å²) in [5.41, 5.74) is 2.37. The number of benzene rings is 1. The van der Waals surface area contributed by atoms with Crippen molar-refractivity contribution >= 4 is 17.8 Å². The molecular weight excluding hydrogens is 228 g/mol. The number of carbonyl (C=O) groups is 2. The molecule has 94 valence electrons. The van der Waals surface area contributed by atoms with Gasteiger partial charge in [0.25, 0.3) is 0 Å². The van der Waals surface area contributed by atoms with Crippen molar-refractivity contribution in [1.82, 2.24) is 0 Å². The fourth-order valence-corrected chi connectivity index (χ4v) is 2.09. The highest BCUT2D eigenvalue weighted by Gasteiger charge is 2.14. The molecule has 0 unspecified atom stereocenters. The van der Waals surface area contributed by atoms with E-state index in [-0.39, 0.29) is 11.8 Å². The SMILES string of the molecule is COC(=O)c1ccc(/C=C2/CCCCC2=O)cc1. The fourth-order valence-electron chi connectivity index (χ4n) is 2.09. The molecule has 1 aromatic carbocycles. The zero-order valence-electron chi connectivity index (χ0n) is 10.4. The lowest BCUT2D eigenvalue weighted by atomic mass is 9.92. The van der Waals surface area contributed by atoms with E-state index in [0.29, 0.717) is 12.0 Å². The first kappa shape index (κ1) is 12.6. The van der Waals surface area contributed by atoms with E-state index in [1.165, 1.54) is 7.11 Å². The summed E-state index contributed by atoms with van der Waals surface area (Å²) in [4.78, 5) is 23.0. The largest absolute Gasteiger partial charge is 0.465 e. The molecule has 1 saturated carbocycles. The molecule has 1 fully saturated rings. The summed E-state index contributed by atoms with van der Waals surface area (Å²) in [6.07, 6.45) is 5.52. The topological polar surface area (TPSA) is 43.4 Å². The molecule has 3 nitrogen and oxygen atoms in total. The predicted octanol–water partition coefficient (Wildman–Crippen LogP) is 3.00. The Kier molecular flexibility index (Phi) is 3.92. The Balaban J connectivity index is 2.17. The molecule has 1 aliphatic carbocycles. The van der Waals surface area contributed by atoms with E-state index in [1.54, 1.807) is 12.1 Å². The van der Waals surface area contributed by atoms with Crippen LogP contribution >= 0.6 is 0 Å². The lowest BCUT2D eigenvalue weighted by molar-refractivity contribution is -0.116. The van der Waals surface area contributed by atoms with Gasteiger partial charge in [0.1, 0.15) is 0 Å². The van der Waals surface area contributed by atoms with Gasteiger partial charge in [0.05, 0.1) is 12.7 Å². The molecule has 0 bridgehead atoms. The van der Waals surface area contributed by atoms with Crippen molar-refractivity contribution in [3.8, 4) is 0 Å². The van der Waals surface area contributed by atoms with Crippen molar-refractivity contribution in [3.05, 3.63) is 41.0 Å². The average molecular weight is 244 g/mol. The minimum Gasteiger partial charge on any atom is -0.465 e. The molecular formula is C15H16O3. The van der Waals surface area contributed by atoms with Crippen LogP contribution in [0.5, 0.6) is 0 Å². The number of ether oxygens (including phenoxy) is 1. The number of carbonyl (C=O) groups excluding carboxylic acids is 2. The Hall–Kier alpha value is -1.90. The Labute approximate surface area is 106 Å². The van der Waals surface area contributed by atoms with Gasteiger partial charge in [0, 0.05) is 6.42 Å². The van der Waals surface area contributed by atoms with Crippen LogP contribution in [0.3, 0.4) is 0 Å². The second-order valence-electron chi connectivity index (χ2n) is 4.41. The van der Waals surface area contributed by atoms with Gasteiger partial charge < -0.3 is 4.74 Å². The van der Waals surface area contributed by atoms with Crippen LogP contribution in [-0.4, -0.2) is 18.9 Å². The van der Waals surface area contributed by atoms with E-state index >= 15 is 0 Å². The van der Waals surface area contributed by atoms with Crippen LogP contribution in [0.25, 0.3) is 6.08 Å². The van der Waals surface area contributed by atoms with Gasteiger partial charge in [-0.25, -0.2) is 4.79 Å². The molecule has 1 aromatic rings. The molecule has 0 heterocycles. The summed E-state index contributed by atoms with van der Waals surface area (Å²) < 4.78 is 4.63. The zero-order chi connectivity index (χ0) is 13.0. The summed E-state index contributed by atoms with van der Waals surface area (Å²) in [7, 11) is 1.36. The van der Waals surface area contributed by atoms with E-state index in [9.17, 15) is 9.59 Å². The first-order valence-electron chi connectivity index (χ1n) is 6.13. The van der Waals surface area contributed by atoms with Crippen molar-refractivity contribution in [2.24, 2.45) is 0 Å². The van der Waals surface area contributed by atoms with Crippen LogP contribution in [0.2, 0.25) is 0 Å². The molecule has 0 aliphatic heterocycles. The van der Waals surface area contributed by atoms with E-state index in [1.807, 2.05) is 18.2 Å². The molecule has 0 atom stereocenters. The number of esters is 1. The number of rotatable bonds is 2. The number of hydrogen-bond acceptors (Lipinski definition) is 3. The first-order valence-corrected chi connectivity index (χ1v) is 6.13. The minimum atomic E-state index is -0.344. The van der Waals surface area contributed by atoms with E-state index < -0.39 is 0 Å². The molecule has 2 rings (SSSR count). The summed E-state index contributed by atoms with van der Waals surface area (Å²) in [6, 6.07) is 7.10. The molecule has 0 aromatic heterocycles. The maximum atomic E-state index is 11.7. The highest BCUT2D eigenvalue weighted by molar-refractivity contribution is 6.00. The zero-order valence-corrected chi connectivity index (χ0v) is 10.4. The molecule has 0 radical (unpaired) electrons. The van der Waals surface area contributed by atoms with Gasteiger partial charge in [0.15, 0.2) is 5.78 Å². The molecule has 0 saturated heterocycles. The first-order chi connectivity index (χ1) is 8.70. The summed E-state index contributed by atoms with van der Waals surface area (Å²) in [5, 5.41) is 0. The third-order valence-corrected chi connectivity index (χ3v) is 3.13. The van der Waals surface area contributed by atoms with Crippen LogP contribution in [-0.2, 0) is 9.53 Å². The lowest BCUT2D eigenvalue weighted by Crippen LogP contribution is -2.08. The highest BCUT2D eigenvalue weighted by atomic mass is 16.5. The van der Waals surface area contributed by atoms with Crippen LogP contribution < -0.4 is 0 Å². The Morgan fingerprint density at radius 1 is 1.17 bits per heavy atom. The van der Waals surface area contributed by atoms with E-state index in [4.69, 9.17) is 0 Å². The summed E-state index contributed by atoms with van der Waals surface area (Å²) in [5.74, 6) is -0.0961. The highest BCUT2D eigenvalue weighted by Crippen LogP contribution is 2.22. The van der Waals surface area contributed by atoms with Crippen molar-refractivity contribution in [2.75, 3.05) is 7.11 Å². The molecule has 0 amide bonds. The molecule has 0 spiro atoms. The average Bonchev–Trinajstić information content (AvgIpc) is 2.41. The smallest absolute Gasteiger partial charge is 0.337 e. The molecule has 1 aliphatic rings. The number of Topliss-reactive ketones (excluding diaryl/α,β-unsaturated/α-hetero) is 1. The monoisotopic (exact) mass is 244 g/mol. The van der Waals surface area contributed by atoms with Gasteiger partial charge in [-0.2, -0.15) is 0 Å². The van der Waals surface area contributed by atoms with E-state index in [0.717, 1.165) is 30.4 Å². The quantitative estimate of drug-likeness (QED) is 0.593. The van der Waals surface area contributed by atoms with Gasteiger partial charge in [-0.15, -0.1) is 0 Å². The lowest BCUT2D eigenvalue weighted by Gasteiger charge is -2.12. The maximum absolute atomic E-state index is 11.7. The molecule has 0 N–H and O–H groups in total. The van der Waals surface area contributed by atoms with Crippen molar-refractivity contribution in [2.45, 2.75) is 25.7 Å². The normalized spacial score (nSPS) is 17.8. The molecule has 3 heteroatoms. The van der Waals surface area contributed by atoms with Gasteiger partial charge in [-0.3, -0.25) is 4.79 Å². The Morgan fingerprint density at radius 2 is 1.83 bits per heavy atom. The maximum Gasteiger partial charge on any atom is 0.337 e. The molecule has 18 heavy (non-hydrogen) atoms. The standard InChI is InChI=1S/C15H16O3/c1-18-15(17)12-8-6-11(7-9-12)10-13-4-2-3-5-14(13)16/h6-10H,2-5H2,1H3/b13-10-. The fraction of sp³-hybridized carbons (Fsp3) is 0.333. The van der Waals surface area contributed by atoms with Gasteiger partial charge in [0.2, 0.25) is 0 Å². The Bertz CT molecular complexity index is 483. The van der Waals surface area contributed by atoms with Gasteiger partial charge >= 0.3 is 5.97 Å². The third-order valence-electron chi connectivity index (χ3n) is 3.13. The number of hydrogen-bond donors (Lipinski definition) is 0. The van der Waals surface area contributed by atoms with Crippen molar-refractivity contribution in [1.29, 1.82) is 0 Å². The second kappa shape index (κ2) is 5.63. The minimum absolute atomic E-state index is 0.248.